The van der Waals surface area contributed by atoms with E-state index in [2.05, 4.69) is 20.5 Å². The van der Waals surface area contributed by atoms with Gasteiger partial charge in [0.15, 0.2) is 5.69 Å². The highest BCUT2D eigenvalue weighted by Crippen LogP contribution is 2.40. The van der Waals surface area contributed by atoms with Gasteiger partial charge in [0, 0.05) is 53.3 Å². The molecule has 2 aromatic rings. The Morgan fingerprint density at radius 1 is 1.09 bits per heavy atom. The summed E-state index contributed by atoms with van der Waals surface area (Å²) < 4.78 is 62.5. The summed E-state index contributed by atoms with van der Waals surface area (Å²) in [7, 11) is 0. The second-order valence-corrected chi connectivity index (χ2v) is 8.95. The highest BCUT2D eigenvalue weighted by atomic mass is 19.4. The number of nitrogens with zero attached hydrogens (tertiary/aromatic N) is 4. The molecular weight excluding hydrogens is 419 g/mol. The molecule has 5 rings (SSSR count). The smallest absolute Gasteiger partial charge is 0.381 e. The van der Waals surface area contributed by atoms with Crippen LogP contribution in [0.3, 0.4) is 0 Å². The number of pyridine rings is 1. The van der Waals surface area contributed by atoms with Gasteiger partial charge in [0.1, 0.15) is 5.82 Å². The number of rotatable bonds is 5. The topological polar surface area (TPSA) is 63.2 Å². The minimum atomic E-state index is -4.56. The van der Waals surface area contributed by atoms with Gasteiger partial charge in [-0.3, -0.25) is 4.98 Å². The molecule has 0 aromatic carbocycles. The second-order valence-electron chi connectivity index (χ2n) is 8.95. The van der Waals surface area contributed by atoms with Gasteiger partial charge in [-0.2, -0.15) is 13.2 Å². The summed E-state index contributed by atoms with van der Waals surface area (Å²) in [5.41, 5.74) is -0.942. The summed E-state index contributed by atoms with van der Waals surface area (Å²) >= 11 is 0. The molecule has 4 heterocycles. The van der Waals surface area contributed by atoms with Gasteiger partial charge < -0.3 is 15.0 Å². The van der Waals surface area contributed by atoms with E-state index in [1.807, 2.05) is 4.90 Å². The Hall–Kier alpha value is -2.26. The van der Waals surface area contributed by atoms with Crippen molar-refractivity contribution in [3.8, 4) is 11.3 Å². The van der Waals surface area contributed by atoms with Gasteiger partial charge in [0.2, 0.25) is 0 Å². The maximum Gasteiger partial charge on any atom is 0.434 e. The van der Waals surface area contributed by atoms with E-state index in [9.17, 15) is 13.2 Å². The standard InChI is InChI=1S/C23H28F3N5O/c24-23(25,26)22-19(2-1-7-27-22)20-3-4-21(30-29-20)28-18-10-16-13-31(14-17(16)11-18)12-15-5-8-32-9-6-15/h1-4,7,15-18H,5-6,8-14H2,(H,28,30)/t16-,17+,18?/i12D2. The van der Waals surface area contributed by atoms with Crippen molar-refractivity contribution in [3.05, 3.63) is 36.2 Å². The lowest BCUT2D eigenvalue weighted by Gasteiger charge is -2.27. The van der Waals surface area contributed by atoms with Gasteiger partial charge in [0.05, 0.1) is 5.69 Å². The molecule has 3 aliphatic rings. The van der Waals surface area contributed by atoms with Crippen molar-refractivity contribution in [2.75, 3.05) is 38.1 Å². The lowest BCUT2D eigenvalue weighted by molar-refractivity contribution is -0.140. The zero-order valence-electron chi connectivity index (χ0n) is 19.7. The molecule has 1 saturated carbocycles. The van der Waals surface area contributed by atoms with Crippen molar-refractivity contribution in [1.29, 1.82) is 0 Å². The quantitative estimate of drug-likeness (QED) is 0.742. The van der Waals surface area contributed by atoms with Crippen molar-refractivity contribution in [2.45, 2.75) is 37.9 Å². The number of halogens is 3. The number of alkyl halides is 3. The lowest BCUT2D eigenvalue weighted by atomic mass is 10.00. The van der Waals surface area contributed by atoms with Gasteiger partial charge in [-0.05, 0) is 67.7 Å². The third kappa shape index (κ3) is 4.73. The fourth-order valence-corrected chi connectivity index (χ4v) is 5.21. The van der Waals surface area contributed by atoms with Crippen LogP contribution in [0.4, 0.5) is 19.0 Å². The molecule has 1 N–H and O–H groups in total. The molecule has 3 fully saturated rings. The second kappa shape index (κ2) is 8.94. The van der Waals surface area contributed by atoms with Crippen molar-refractivity contribution in [3.63, 3.8) is 0 Å². The Balaban J connectivity index is 1.19. The SMILES string of the molecule is [2H]C([2H])(C1CCOCC1)N1C[C@H]2CC(Nc3ccc(-c4cccnc4C(F)(F)F)nn3)C[C@H]2C1. The van der Waals surface area contributed by atoms with Crippen LogP contribution in [-0.2, 0) is 10.9 Å². The van der Waals surface area contributed by atoms with E-state index in [-0.39, 0.29) is 23.2 Å². The molecule has 1 aliphatic carbocycles. The van der Waals surface area contributed by atoms with E-state index < -0.39 is 18.4 Å². The fourth-order valence-electron chi connectivity index (χ4n) is 5.21. The Morgan fingerprint density at radius 3 is 2.50 bits per heavy atom. The van der Waals surface area contributed by atoms with E-state index in [1.165, 1.54) is 18.2 Å². The molecular formula is C23H28F3N5O. The predicted molar refractivity (Wildman–Crippen MR) is 114 cm³/mol. The molecule has 2 aromatic heterocycles. The van der Waals surface area contributed by atoms with E-state index in [4.69, 9.17) is 7.48 Å². The Morgan fingerprint density at radius 2 is 1.84 bits per heavy atom. The average Bonchev–Trinajstić information content (AvgIpc) is 3.39. The Labute approximate surface area is 188 Å². The summed E-state index contributed by atoms with van der Waals surface area (Å²) in [6, 6.07) is 6.16. The van der Waals surface area contributed by atoms with Gasteiger partial charge in [0.25, 0.3) is 0 Å². The third-order valence-electron chi connectivity index (χ3n) is 6.71. The van der Waals surface area contributed by atoms with E-state index in [1.54, 1.807) is 6.07 Å². The molecule has 0 amide bonds. The molecule has 1 unspecified atom stereocenters. The highest BCUT2D eigenvalue weighted by Gasteiger charge is 2.41. The van der Waals surface area contributed by atoms with Crippen LogP contribution in [0.25, 0.3) is 11.3 Å². The van der Waals surface area contributed by atoms with Crippen molar-refractivity contribution in [1.82, 2.24) is 20.1 Å². The largest absolute Gasteiger partial charge is 0.434 e. The van der Waals surface area contributed by atoms with Crippen LogP contribution in [-0.4, -0.2) is 58.9 Å². The first kappa shape index (κ1) is 19.2. The summed E-state index contributed by atoms with van der Waals surface area (Å²) in [6.45, 7) is 1.46. The van der Waals surface area contributed by atoms with Crippen molar-refractivity contribution in [2.24, 2.45) is 17.8 Å². The first-order valence-corrected chi connectivity index (χ1v) is 11.2. The average molecular weight is 450 g/mol. The van der Waals surface area contributed by atoms with Gasteiger partial charge in [-0.25, -0.2) is 0 Å². The van der Waals surface area contributed by atoms with Crippen LogP contribution in [0.2, 0.25) is 0 Å². The summed E-state index contributed by atoms with van der Waals surface area (Å²) in [6.07, 6.45) is -0.0963. The summed E-state index contributed by atoms with van der Waals surface area (Å²) in [5.74, 6) is 1.38. The van der Waals surface area contributed by atoms with E-state index in [0.29, 0.717) is 30.9 Å². The zero-order valence-corrected chi connectivity index (χ0v) is 17.7. The van der Waals surface area contributed by atoms with Gasteiger partial charge >= 0.3 is 6.18 Å². The maximum absolute atomic E-state index is 13.2. The van der Waals surface area contributed by atoms with Gasteiger partial charge in [-0.15, -0.1) is 10.2 Å². The molecule has 2 aliphatic heterocycles. The van der Waals surface area contributed by atoms with Crippen LogP contribution in [0.5, 0.6) is 0 Å². The molecule has 0 bridgehead atoms. The zero-order chi connectivity index (χ0) is 23.9. The number of ether oxygens (including phenoxy) is 1. The van der Waals surface area contributed by atoms with Crippen LogP contribution in [0, 0.1) is 17.8 Å². The third-order valence-corrected chi connectivity index (χ3v) is 6.71. The number of fused-ring (bicyclic) bond motifs is 1. The lowest BCUT2D eigenvalue weighted by Crippen LogP contribution is -2.32. The molecule has 3 atom stereocenters. The first-order valence-electron chi connectivity index (χ1n) is 12.2. The molecule has 9 heteroatoms. The number of likely N-dealkylation sites (tertiary alicyclic amines) is 1. The summed E-state index contributed by atoms with van der Waals surface area (Å²) in [5, 5.41) is 11.5. The number of hydrogen-bond donors (Lipinski definition) is 1. The molecule has 0 spiro atoms. The summed E-state index contributed by atoms with van der Waals surface area (Å²) in [4.78, 5) is 5.50. The predicted octanol–water partition coefficient (Wildman–Crippen LogP) is 4.11. The number of nitrogens with one attached hydrogen (secondary N) is 1. The van der Waals surface area contributed by atoms with Crippen LogP contribution in [0.15, 0.2) is 30.5 Å². The van der Waals surface area contributed by atoms with Crippen LogP contribution in [0.1, 0.15) is 34.1 Å². The Bertz CT molecular complexity index is 987. The van der Waals surface area contributed by atoms with E-state index >= 15 is 0 Å². The highest BCUT2D eigenvalue weighted by molar-refractivity contribution is 5.62. The maximum atomic E-state index is 13.2. The number of anilines is 1. The van der Waals surface area contributed by atoms with Gasteiger partial charge in [-0.1, -0.05) is 0 Å². The normalized spacial score (nSPS) is 28.3. The van der Waals surface area contributed by atoms with Crippen molar-refractivity contribution < 1.29 is 20.6 Å². The number of aromatic nitrogens is 3. The van der Waals surface area contributed by atoms with E-state index in [0.717, 1.165) is 45.0 Å². The first-order chi connectivity index (χ1) is 16.2. The molecule has 172 valence electrons. The minimum Gasteiger partial charge on any atom is -0.381 e. The van der Waals surface area contributed by atoms with Crippen LogP contribution < -0.4 is 5.32 Å². The van der Waals surface area contributed by atoms with Crippen molar-refractivity contribution >= 4 is 5.82 Å². The molecule has 0 radical (unpaired) electrons. The van der Waals surface area contributed by atoms with Crippen LogP contribution >= 0.6 is 0 Å². The monoisotopic (exact) mass is 449 g/mol. The fraction of sp³-hybridized carbons (Fsp3) is 0.609. The molecule has 32 heavy (non-hydrogen) atoms. The number of hydrogen-bond acceptors (Lipinski definition) is 6. The minimum absolute atomic E-state index is 0.0143. The molecule has 2 saturated heterocycles. The Kier molecular flexibility index (Phi) is 5.37. The molecule has 6 nitrogen and oxygen atoms in total.